The van der Waals surface area contributed by atoms with Gasteiger partial charge in [0.25, 0.3) is 0 Å². The number of aryl methyl sites for hydroxylation is 2. The lowest BCUT2D eigenvalue weighted by molar-refractivity contribution is 0.00559. The Labute approximate surface area is 101 Å². The summed E-state index contributed by atoms with van der Waals surface area (Å²) in [6.07, 6.45) is 2.25. The average molecular weight is 258 g/mol. The highest BCUT2D eigenvalue weighted by Gasteiger charge is 2.30. The Morgan fingerprint density at radius 1 is 1.41 bits per heavy atom. The Balaban J connectivity index is 1.85. The van der Waals surface area contributed by atoms with Gasteiger partial charge in [0, 0.05) is 18.2 Å². The molecule has 0 bridgehead atoms. The fourth-order valence-corrected chi connectivity index (χ4v) is 2.15. The second-order valence-corrected chi connectivity index (χ2v) is 4.87. The van der Waals surface area contributed by atoms with Crippen molar-refractivity contribution in [2.24, 2.45) is 0 Å². The summed E-state index contributed by atoms with van der Waals surface area (Å²) in [5.41, 5.74) is 0. The maximum atomic E-state index is 12.8. The molecule has 2 heterocycles. The zero-order chi connectivity index (χ0) is 12.3. The molecule has 0 saturated carbocycles. The maximum absolute atomic E-state index is 12.8. The van der Waals surface area contributed by atoms with Gasteiger partial charge in [-0.25, -0.2) is 0 Å². The lowest BCUT2D eigenvalue weighted by Gasteiger charge is -2.01. The first-order valence-electron chi connectivity index (χ1n) is 5.29. The highest BCUT2D eigenvalue weighted by Crippen LogP contribution is 2.24. The van der Waals surface area contributed by atoms with Gasteiger partial charge in [0.1, 0.15) is 0 Å². The molecule has 0 N–H and O–H groups in total. The molecule has 0 aromatic carbocycles. The minimum Gasteiger partial charge on any atom is -0.339 e. The van der Waals surface area contributed by atoms with E-state index >= 15 is 0 Å². The lowest BCUT2D eigenvalue weighted by atomic mass is 10.2. The van der Waals surface area contributed by atoms with Crippen molar-refractivity contribution >= 4 is 11.3 Å². The van der Waals surface area contributed by atoms with Crippen LogP contribution >= 0.6 is 11.3 Å². The monoisotopic (exact) mass is 258 g/mol. The maximum Gasteiger partial charge on any atom is 0.307 e. The predicted octanol–water partition coefficient (Wildman–Crippen LogP) is 3.42. The number of nitrogens with zero attached hydrogens (tertiary/aromatic N) is 2. The van der Waals surface area contributed by atoms with Crippen molar-refractivity contribution in [3.05, 3.63) is 34.1 Å². The normalized spacial score (nSPS) is 11.9. The van der Waals surface area contributed by atoms with Crippen molar-refractivity contribution in [1.82, 2.24) is 10.1 Å². The number of alkyl halides is 2. The molecule has 2 aromatic rings. The number of aromatic nitrogens is 2. The number of hydrogen-bond acceptors (Lipinski definition) is 4. The van der Waals surface area contributed by atoms with E-state index in [1.165, 1.54) is 4.88 Å². The van der Waals surface area contributed by atoms with Crippen molar-refractivity contribution in [2.75, 3.05) is 0 Å². The minimum atomic E-state index is -3.03. The molecule has 17 heavy (non-hydrogen) atoms. The van der Waals surface area contributed by atoms with E-state index < -0.39 is 11.7 Å². The van der Waals surface area contributed by atoms with Crippen LogP contribution in [0, 0.1) is 0 Å². The number of halogens is 2. The van der Waals surface area contributed by atoms with Gasteiger partial charge in [-0.1, -0.05) is 11.2 Å². The van der Waals surface area contributed by atoms with Crippen LogP contribution in [0.15, 0.2) is 22.0 Å². The number of thiophene rings is 1. The van der Waals surface area contributed by atoms with Gasteiger partial charge in [-0.2, -0.15) is 13.8 Å². The van der Waals surface area contributed by atoms with Crippen molar-refractivity contribution in [3.63, 3.8) is 0 Å². The van der Waals surface area contributed by atoms with Crippen LogP contribution in [0.25, 0.3) is 0 Å². The van der Waals surface area contributed by atoms with E-state index in [4.69, 9.17) is 4.52 Å². The van der Waals surface area contributed by atoms with Gasteiger partial charge >= 0.3 is 5.92 Å². The Morgan fingerprint density at radius 2 is 2.24 bits per heavy atom. The zero-order valence-electron chi connectivity index (χ0n) is 9.32. The van der Waals surface area contributed by atoms with Crippen LogP contribution in [0.3, 0.4) is 0 Å². The van der Waals surface area contributed by atoms with Gasteiger partial charge in [0.05, 0.1) is 0 Å². The molecular formula is C11H12F2N2OS. The second-order valence-electron chi connectivity index (χ2n) is 3.83. The summed E-state index contributed by atoms with van der Waals surface area (Å²) in [5, 5.41) is 5.28. The van der Waals surface area contributed by atoms with Crippen LogP contribution in [0.4, 0.5) is 8.78 Å². The molecule has 0 amide bonds. The Hall–Kier alpha value is -1.30. The molecule has 92 valence electrons. The van der Waals surface area contributed by atoms with Crippen molar-refractivity contribution in [2.45, 2.75) is 32.1 Å². The number of hydrogen-bond donors (Lipinski definition) is 0. The smallest absolute Gasteiger partial charge is 0.307 e. The topological polar surface area (TPSA) is 38.9 Å². The molecule has 6 heteroatoms. The summed E-state index contributed by atoms with van der Waals surface area (Å²) in [7, 11) is 0. The highest BCUT2D eigenvalue weighted by atomic mass is 32.1. The standard InChI is InChI=1S/C11H12F2N2OS/c1-11(12,13)10-14-9(16-15-10)6-2-4-8-5-3-7-17-8/h3,5,7H,2,4,6H2,1H3. The highest BCUT2D eigenvalue weighted by molar-refractivity contribution is 7.09. The summed E-state index contributed by atoms with van der Waals surface area (Å²) >= 11 is 1.68. The van der Waals surface area contributed by atoms with Gasteiger partial charge in [-0.3, -0.25) is 0 Å². The third-order valence-electron chi connectivity index (χ3n) is 2.25. The van der Waals surface area contributed by atoms with Crippen LogP contribution in [0.1, 0.15) is 29.9 Å². The van der Waals surface area contributed by atoms with Crippen LogP contribution in [-0.4, -0.2) is 10.1 Å². The van der Waals surface area contributed by atoms with Crippen molar-refractivity contribution in [1.29, 1.82) is 0 Å². The molecule has 0 saturated heterocycles. The van der Waals surface area contributed by atoms with Crippen LogP contribution in [0.2, 0.25) is 0 Å². The molecule has 0 unspecified atom stereocenters. The average Bonchev–Trinajstić information content (AvgIpc) is 2.86. The van der Waals surface area contributed by atoms with Gasteiger partial charge < -0.3 is 4.52 Å². The summed E-state index contributed by atoms with van der Waals surface area (Å²) in [5.74, 6) is -3.29. The van der Waals surface area contributed by atoms with Crippen LogP contribution in [-0.2, 0) is 18.8 Å². The van der Waals surface area contributed by atoms with E-state index in [1.54, 1.807) is 11.3 Å². The van der Waals surface area contributed by atoms with E-state index in [1.807, 2.05) is 17.5 Å². The van der Waals surface area contributed by atoms with E-state index in [0.717, 1.165) is 19.8 Å². The molecule has 0 aliphatic rings. The fraction of sp³-hybridized carbons (Fsp3) is 0.455. The summed E-state index contributed by atoms with van der Waals surface area (Å²) < 4.78 is 30.4. The third-order valence-corrected chi connectivity index (χ3v) is 3.19. The van der Waals surface area contributed by atoms with E-state index in [-0.39, 0.29) is 5.89 Å². The molecule has 3 nitrogen and oxygen atoms in total. The summed E-state index contributed by atoms with van der Waals surface area (Å²) in [6.45, 7) is 0.757. The van der Waals surface area contributed by atoms with Gasteiger partial charge in [-0.05, 0) is 24.3 Å². The minimum absolute atomic E-state index is 0.276. The van der Waals surface area contributed by atoms with Crippen molar-refractivity contribution < 1.29 is 13.3 Å². The predicted molar refractivity (Wildman–Crippen MR) is 60.2 cm³/mol. The Bertz CT molecular complexity index is 462. The molecule has 0 aliphatic carbocycles. The summed E-state index contributed by atoms with van der Waals surface area (Å²) in [6, 6.07) is 4.03. The van der Waals surface area contributed by atoms with E-state index in [2.05, 4.69) is 10.1 Å². The quantitative estimate of drug-likeness (QED) is 0.824. The molecule has 0 spiro atoms. The lowest BCUT2D eigenvalue weighted by Crippen LogP contribution is -2.09. The van der Waals surface area contributed by atoms with Gasteiger partial charge in [0.2, 0.25) is 11.7 Å². The molecule has 0 fully saturated rings. The second kappa shape index (κ2) is 4.91. The molecule has 0 aliphatic heterocycles. The van der Waals surface area contributed by atoms with Crippen molar-refractivity contribution in [3.8, 4) is 0 Å². The first kappa shape index (κ1) is 12.2. The van der Waals surface area contributed by atoms with E-state index in [9.17, 15) is 8.78 Å². The third kappa shape index (κ3) is 3.33. The molecule has 2 rings (SSSR count). The Kier molecular flexibility index (Phi) is 3.51. The Morgan fingerprint density at radius 3 is 2.82 bits per heavy atom. The van der Waals surface area contributed by atoms with E-state index in [0.29, 0.717) is 6.42 Å². The molecule has 2 aromatic heterocycles. The zero-order valence-corrected chi connectivity index (χ0v) is 10.1. The fourth-order valence-electron chi connectivity index (χ4n) is 1.40. The SMILES string of the molecule is CC(F)(F)c1noc(CCCc2cccs2)n1. The molecular weight excluding hydrogens is 246 g/mol. The summed E-state index contributed by atoms with van der Waals surface area (Å²) in [4.78, 5) is 4.95. The first-order chi connectivity index (χ1) is 8.05. The molecule has 0 radical (unpaired) electrons. The number of rotatable bonds is 5. The van der Waals surface area contributed by atoms with Gasteiger partial charge in [-0.15, -0.1) is 11.3 Å². The van der Waals surface area contributed by atoms with Crippen LogP contribution in [0.5, 0.6) is 0 Å². The van der Waals surface area contributed by atoms with Gasteiger partial charge in [0.15, 0.2) is 0 Å². The largest absolute Gasteiger partial charge is 0.339 e. The first-order valence-corrected chi connectivity index (χ1v) is 6.17. The molecule has 0 atom stereocenters. The van der Waals surface area contributed by atoms with Crippen LogP contribution < -0.4 is 0 Å².